The second-order valence-electron chi connectivity index (χ2n) is 8.55. The SMILES string of the molecule is Cc1ccc(CN2C(=O)C(c3ccc(C)c(C)c3)=C(N(C)Cc3ccccc3)C2=O)cc1. The van der Waals surface area contributed by atoms with Crippen LogP contribution in [0.2, 0.25) is 0 Å². The van der Waals surface area contributed by atoms with Gasteiger partial charge in [-0.2, -0.15) is 0 Å². The maximum atomic E-state index is 13.6. The average molecular weight is 425 g/mol. The standard InChI is InChI=1S/C28H28N2O2/c1-19-10-13-23(14-11-19)18-30-27(31)25(24-15-12-20(2)21(3)16-24)26(28(30)32)29(4)17-22-8-6-5-7-9-22/h5-16H,17-18H2,1-4H3. The van der Waals surface area contributed by atoms with Gasteiger partial charge in [0.15, 0.2) is 0 Å². The Bertz CT molecular complexity index is 1190. The molecule has 3 aromatic rings. The van der Waals surface area contributed by atoms with E-state index < -0.39 is 0 Å². The number of aryl methyl sites for hydroxylation is 3. The fourth-order valence-corrected chi connectivity index (χ4v) is 4.03. The smallest absolute Gasteiger partial charge is 0.278 e. The second kappa shape index (κ2) is 8.83. The third-order valence-corrected chi connectivity index (χ3v) is 6.04. The van der Waals surface area contributed by atoms with Crippen molar-refractivity contribution in [3.05, 3.63) is 112 Å². The molecule has 32 heavy (non-hydrogen) atoms. The molecule has 0 saturated heterocycles. The van der Waals surface area contributed by atoms with Crippen LogP contribution < -0.4 is 0 Å². The Kier molecular flexibility index (Phi) is 5.95. The maximum absolute atomic E-state index is 13.6. The predicted octanol–water partition coefficient (Wildman–Crippen LogP) is 5.02. The molecular weight excluding hydrogens is 396 g/mol. The Labute approximate surface area is 189 Å². The fraction of sp³-hybridized carbons (Fsp3) is 0.214. The first-order valence-electron chi connectivity index (χ1n) is 10.8. The number of amides is 2. The number of likely N-dealkylation sites (N-methyl/N-ethyl adjacent to an activating group) is 1. The van der Waals surface area contributed by atoms with Gasteiger partial charge in [0.05, 0.1) is 12.1 Å². The van der Waals surface area contributed by atoms with Crippen molar-refractivity contribution in [3.63, 3.8) is 0 Å². The van der Waals surface area contributed by atoms with Crippen LogP contribution in [0.4, 0.5) is 0 Å². The van der Waals surface area contributed by atoms with E-state index in [9.17, 15) is 9.59 Å². The fourth-order valence-electron chi connectivity index (χ4n) is 4.03. The lowest BCUT2D eigenvalue weighted by Gasteiger charge is -2.22. The second-order valence-corrected chi connectivity index (χ2v) is 8.55. The number of hydrogen-bond acceptors (Lipinski definition) is 3. The molecule has 0 unspecified atom stereocenters. The maximum Gasteiger partial charge on any atom is 0.278 e. The lowest BCUT2D eigenvalue weighted by molar-refractivity contribution is -0.138. The zero-order valence-electron chi connectivity index (χ0n) is 19.1. The molecule has 0 saturated carbocycles. The molecule has 162 valence electrons. The van der Waals surface area contributed by atoms with Gasteiger partial charge in [0, 0.05) is 13.6 Å². The normalized spacial score (nSPS) is 13.8. The van der Waals surface area contributed by atoms with Crippen LogP contribution in [-0.2, 0) is 22.7 Å². The molecule has 0 N–H and O–H groups in total. The Morgan fingerprint density at radius 1 is 0.750 bits per heavy atom. The molecule has 0 aliphatic carbocycles. The van der Waals surface area contributed by atoms with Gasteiger partial charge in [-0.15, -0.1) is 0 Å². The van der Waals surface area contributed by atoms with Crippen LogP contribution in [0, 0.1) is 20.8 Å². The summed E-state index contributed by atoms with van der Waals surface area (Å²) in [6.07, 6.45) is 0. The van der Waals surface area contributed by atoms with Crippen LogP contribution >= 0.6 is 0 Å². The van der Waals surface area contributed by atoms with Crippen molar-refractivity contribution < 1.29 is 9.59 Å². The molecule has 0 spiro atoms. The van der Waals surface area contributed by atoms with E-state index >= 15 is 0 Å². The minimum absolute atomic E-state index is 0.242. The van der Waals surface area contributed by atoms with Gasteiger partial charge >= 0.3 is 0 Å². The van der Waals surface area contributed by atoms with Crippen molar-refractivity contribution in [1.29, 1.82) is 0 Å². The van der Waals surface area contributed by atoms with Crippen LogP contribution in [-0.4, -0.2) is 28.7 Å². The van der Waals surface area contributed by atoms with Crippen LogP contribution in [0.5, 0.6) is 0 Å². The zero-order chi connectivity index (χ0) is 22.8. The molecular formula is C28H28N2O2. The van der Waals surface area contributed by atoms with E-state index in [1.807, 2.05) is 106 Å². The molecule has 4 nitrogen and oxygen atoms in total. The van der Waals surface area contributed by atoms with Crippen molar-refractivity contribution in [2.75, 3.05) is 7.05 Å². The lowest BCUT2D eigenvalue weighted by atomic mass is 9.99. The molecule has 2 amide bonds. The lowest BCUT2D eigenvalue weighted by Crippen LogP contribution is -2.33. The average Bonchev–Trinajstić information content (AvgIpc) is 3.02. The first kappa shape index (κ1) is 21.6. The molecule has 4 rings (SSSR count). The number of imide groups is 1. The van der Waals surface area contributed by atoms with E-state index in [2.05, 4.69) is 0 Å². The van der Waals surface area contributed by atoms with Crippen LogP contribution in [0.1, 0.15) is 33.4 Å². The number of nitrogens with zero attached hydrogens (tertiary/aromatic N) is 2. The summed E-state index contributed by atoms with van der Waals surface area (Å²) >= 11 is 0. The molecule has 0 aromatic heterocycles. The van der Waals surface area contributed by atoms with Crippen molar-refractivity contribution in [1.82, 2.24) is 9.80 Å². The highest BCUT2D eigenvalue weighted by molar-refractivity contribution is 6.35. The summed E-state index contributed by atoms with van der Waals surface area (Å²) in [6, 6.07) is 23.9. The summed E-state index contributed by atoms with van der Waals surface area (Å²) in [5.74, 6) is -0.490. The molecule has 1 aliphatic heterocycles. The van der Waals surface area contributed by atoms with Crippen molar-refractivity contribution >= 4 is 17.4 Å². The summed E-state index contributed by atoms with van der Waals surface area (Å²) in [5.41, 5.74) is 7.12. The first-order valence-corrected chi connectivity index (χ1v) is 10.8. The molecule has 0 fully saturated rings. The minimum atomic E-state index is -0.248. The molecule has 0 radical (unpaired) electrons. The van der Waals surface area contributed by atoms with Gasteiger partial charge in [-0.3, -0.25) is 14.5 Å². The van der Waals surface area contributed by atoms with E-state index in [1.165, 1.54) is 4.90 Å². The van der Waals surface area contributed by atoms with Gasteiger partial charge in [-0.1, -0.05) is 78.4 Å². The summed E-state index contributed by atoms with van der Waals surface area (Å²) < 4.78 is 0. The first-order chi connectivity index (χ1) is 15.3. The zero-order valence-corrected chi connectivity index (χ0v) is 19.1. The molecule has 0 atom stereocenters. The van der Waals surface area contributed by atoms with E-state index in [4.69, 9.17) is 0 Å². The molecule has 4 heteroatoms. The highest BCUT2D eigenvalue weighted by atomic mass is 16.2. The third kappa shape index (κ3) is 4.22. The van der Waals surface area contributed by atoms with Crippen LogP contribution in [0.15, 0.2) is 78.5 Å². The Balaban J connectivity index is 1.74. The molecule has 0 bridgehead atoms. The van der Waals surface area contributed by atoms with Gasteiger partial charge in [0.1, 0.15) is 5.70 Å². The topological polar surface area (TPSA) is 40.6 Å². The quantitative estimate of drug-likeness (QED) is 0.522. The van der Waals surface area contributed by atoms with E-state index in [0.29, 0.717) is 17.8 Å². The Hall–Kier alpha value is -3.66. The monoisotopic (exact) mass is 424 g/mol. The number of rotatable bonds is 6. The number of carbonyl (C=O) groups is 2. The van der Waals surface area contributed by atoms with Gasteiger partial charge < -0.3 is 4.90 Å². The summed E-state index contributed by atoms with van der Waals surface area (Å²) in [4.78, 5) is 30.4. The molecule has 1 heterocycles. The number of hydrogen-bond donors (Lipinski definition) is 0. The van der Waals surface area contributed by atoms with Crippen LogP contribution in [0.3, 0.4) is 0 Å². The van der Waals surface area contributed by atoms with Gasteiger partial charge in [-0.05, 0) is 48.6 Å². The van der Waals surface area contributed by atoms with E-state index in [-0.39, 0.29) is 18.4 Å². The summed E-state index contributed by atoms with van der Waals surface area (Å²) in [6.45, 7) is 6.89. The largest absolute Gasteiger partial charge is 0.365 e. The highest BCUT2D eigenvalue weighted by Crippen LogP contribution is 2.33. The number of carbonyl (C=O) groups excluding carboxylic acids is 2. The van der Waals surface area contributed by atoms with Crippen molar-refractivity contribution in [3.8, 4) is 0 Å². The van der Waals surface area contributed by atoms with Crippen molar-refractivity contribution in [2.45, 2.75) is 33.9 Å². The van der Waals surface area contributed by atoms with Gasteiger partial charge in [0.2, 0.25) is 0 Å². The predicted molar refractivity (Wildman–Crippen MR) is 127 cm³/mol. The van der Waals surface area contributed by atoms with E-state index in [1.54, 1.807) is 0 Å². The number of benzene rings is 3. The Morgan fingerprint density at radius 3 is 2.09 bits per heavy atom. The summed E-state index contributed by atoms with van der Waals surface area (Å²) in [5, 5.41) is 0. The Morgan fingerprint density at radius 2 is 1.44 bits per heavy atom. The minimum Gasteiger partial charge on any atom is -0.365 e. The van der Waals surface area contributed by atoms with Crippen molar-refractivity contribution in [2.24, 2.45) is 0 Å². The molecule has 1 aliphatic rings. The van der Waals surface area contributed by atoms with Gasteiger partial charge in [-0.25, -0.2) is 0 Å². The van der Waals surface area contributed by atoms with Gasteiger partial charge in [0.25, 0.3) is 11.8 Å². The van der Waals surface area contributed by atoms with E-state index in [0.717, 1.165) is 33.4 Å². The third-order valence-electron chi connectivity index (χ3n) is 6.04. The summed E-state index contributed by atoms with van der Waals surface area (Å²) in [7, 11) is 1.88. The molecule has 3 aromatic carbocycles. The highest BCUT2D eigenvalue weighted by Gasteiger charge is 2.40. The van der Waals surface area contributed by atoms with Crippen LogP contribution in [0.25, 0.3) is 5.57 Å².